The number of phenolic OH excluding ortho intramolecular Hbond substituents is 2. The van der Waals surface area contributed by atoms with Gasteiger partial charge in [-0.3, -0.25) is 0 Å². The van der Waals surface area contributed by atoms with E-state index in [0.29, 0.717) is 12.0 Å². The average molecular weight is 755 g/mol. The fraction of sp³-hybridized carbons (Fsp3) is 0.571. The minimum atomic E-state index is -1.78. The van der Waals surface area contributed by atoms with E-state index >= 15 is 0 Å². The smallest absolute Gasteiger partial charge is 0.331 e. The molecule has 0 amide bonds. The first kappa shape index (κ1) is 40.7. The maximum atomic E-state index is 13.0. The first-order chi connectivity index (χ1) is 25.3. The third kappa shape index (κ3) is 9.99. The molecule has 18 heteroatoms. The van der Waals surface area contributed by atoms with Crippen LogP contribution in [-0.2, 0) is 44.4 Å². The fourth-order valence-corrected chi connectivity index (χ4v) is 5.97. The molecule has 2 aromatic carbocycles. The highest BCUT2D eigenvalue weighted by Crippen LogP contribution is 2.32. The van der Waals surface area contributed by atoms with E-state index in [2.05, 4.69) is 0 Å². The van der Waals surface area contributed by atoms with Crippen LogP contribution in [0.4, 0.5) is 0 Å². The van der Waals surface area contributed by atoms with Gasteiger partial charge in [-0.25, -0.2) is 4.79 Å². The van der Waals surface area contributed by atoms with Gasteiger partial charge in [0, 0.05) is 6.08 Å². The number of hydrogen-bond donors (Lipinski definition) is 9. The standard InChI is InChI=1S/C35H46O18/c1-16-31(52-24(39)10-6-18-5-9-20(37)22(13-18)46-2)32(53-34-28(43)25(40)21(38)14-48-34)30(45)35(50-16)49-15-23-26(41)27(42)29(44)33(51-23)47-12-11-17-3-7-19(36)8-4-17/h3-10,13,16,21,23,25-38,40-45H,11-12,14-15H2,1-2H3/t16-,21+,23+,25-,26+,27-,28+,29+,30+,31-,32-,33+,34-,35+/m0/s1. The highest BCUT2D eigenvalue weighted by Gasteiger charge is 2.51. The number of methoxy groups -OCH3 is 1. The molecule has 0 saturated carbocycles. The van der Waals surface area contributed by atoms with Crippen molar-refractivity contribution < 1.29 is 88.6 Å². The van der Waals surface area contributed by atoms with Crippen molar-refractivity contribution >= 4 is 12.0 Å². The van der Waals surface area contributed by atoms with Gasteiger partial charge in [-0.2, -0.15) is 0 Å². The summed E-state index contributed by atoms with van der Waals surface area (Å²) in [6, 6.07) is 10.7. The molecule has 0 radical (unpaired) electrons. The summed E-state index contributed by atoms with van der Waals surface area (Å²) in [5.74, 6) is -0.748. The van der Waals surface area contributed by atoms with Gasteiger partial charge < -0.3 is 83.9 Å². The summed E-state index contributed by atoms with van der Waals surface area (Å²) in [5, 5.41) is 93.1. The van der Waals surface area contributed by atoms with Crippen LogP contribution in [0.15, 0.2) is 48.5 Å². The highest BCUT2D eigenvalue weighted by atomic mass is 16.7. The first-order valence-corrected chi connectivity index (χ1v) is 16.9. The Hall–Kier alpha value is -3.47. The summed E-state index contributed by atoms with van der Waals surface area (Å²) in [5.41, 5.74) is 1.30. The van der Waals surface area contributed by atoms with Gasteiger partial charge in [-0.05, 0) is 54.8 Å². The Balaban J connectivity index is 1.26. The van der Waals surface area contributed by atoms with E-state index in [1.54, 1.807) is 12.1 Å². The first-order valence-electron chi connectivity index (χ1n) is 16.9. The molecular formula is C35H46O18. The van der Waals surface area contributed by atoms with Crippen LogP contribution in [0.3, 0.4) is 0 Å². The Morgan fingerprint density at radius 2 is 1.51 bits per heavy atom. The summed E-state index contributed by atoms with van der Waals surface area (Å²) in [6.45, 7) is 0.583. The topological polar surface area (TPSA) is 273 Å². The number of aromatic hydroxyl groups is 2. The number of phenols is 2. The lowest BCUT2D eigenvalue weighted by Gasteiger charge is -2.46. The molecule has 9 N–H and O–H groups in total. The molecule has 294 valence electrons. The average Bonchev–Trinajstić information content (AvgIpc) is 3.14. The number of rotatable bonds is 13. The van der Waals surface area contributed by atoms with Crippen LogP contribution in [0.1, 0.15) is 18.1 Å². The lowest BCUT2D eigenvalue weighted by Crippen LogP contribution is -2.64. The summed E-state index contributed by atoms with van der Waals surface area (Å²) in [7, 11) is 1.36. The van der Waals surface area contributed by atoms with E-state index in [1.807, 2.05) is 0 Å². The quantitative estimate of drug-likeness (QED) is 0.0794. The van der Waals surface area contributed by atoms with E-state index in [-0.39, 0.29) is 23.9 Å². The molecule has 3 heterocycles. The number of aliphatic hydroxyl groups is 7. The van der Waals surface area contributed by atoms with Crippen molar-refractivity contribution in [3.63, 3.8) is 0 Å². The van der Waals surface area contributed by atoms with E-state index in [4.69, 9.17) is 37.9 Å². The molecule has 3 saturated heterocycles. The van der Waals surface area contributed by atoms with Crippen molar-refractivity contribution in [2.24, 2.45) is 0 Å². The van der Waals surface area contributed by atoms with Crippen molar-refractivity contribution in [2.45, 2.75) is 99.4 Å². The SMILES string of the molecule is COc1cc(C=CC(=O)O[C@@H]2[C@@H](O[C@@H]3OC[C@@H](O)[C@H](O)[C@H]3O)[C@@H](O)[C@H](OC[C@H]3O[C@@H](OCCc4ccc(O)cc4)[C@H](O)[C@@H](O)[C@@H]3O)O[C@H]2C)ccc1O. The third-order valence-electron chi connectivity index (χ3n) is 9.07. The lowest BCUT2D eigenvalue weighted by molar-refractivity contribution is -0.354. The molecule has 5 rings (SSSR count). The third-order valence-corrected chi connectivity index (χ3v) is 9.07. The van der Waals surface area contributed by atoms with Gasteiger partial charge in [-0.15, -0.1) is 0 Å². The molecule has 0 aromatic heterocycles. The minimum absolute atomic E-state index is 0.0448. The highest BCUT2D eigenvalue weighted by molar-refractivity contribution is 5.87. The zero-order valence-corrected chi connectivity index (χ0v) is 28.8. The van der Waals surface area contributed by atoms with Crippen molar-refractivity contribution in [1.82, 2.24) is 0 Å². The van der Waals surface area contributed by atoms with Crippen molar-refractivity contribution in [2.75, 3.05) is 26.9 Å². The van der Waals surface area contributed by atoms with Gasteiger partial charge in [0.25, 0.3) is 0 Å². The Morgan fingerprint density at radius 3 is 2.23 bits per heavy atom. The van der Waals surface area contributed by atoms with Gasteiger partial charge in [-0.1, -0.05) is 18.2 Å². The molecular weight excluding hydrogens is 708 g/mol. The lowest BCUT2D eigenvalue weighted by atomic mass is 9.98. The molecule has 0 aliphatic carbocycles. The van der Waals surface area contributed by atoms with E-state index in [9.17, 15) is 50.8 Å². The van der Waals surface area contributed by atoms with Gasteiger partial charge in [0.15, 0.2) is 36.5 Å². The second kappa shape index (κ2) is 18.2. The van der Waals surface area contributed by atoms with Crippen LogP contribution >= 0.6 is 0 Å². The number of esters is 1. The minimum Gasteiger partial charge on any atom is -0.508 e. The second-order valence-corrected chi connectivity index (χ2v) is 12.9. The molecule has 53 heavy (non-hydrogen) atoms. The van der Waals surface area contributed by atoms with E-state index in [0.717, 1.165) is 11.6 Å². The Bertz CT molecular complexity index is 1510. The molecule has 0 spiro atoms. The molecule has 3 aliphatic rings. The number of carbonyl (C=O) groups is 1. The second-order valence-electron chi connectivity index (χ2n) is 12.9. The molecule has 0 unspecified atom stereocenters. The van der Waals surface area contributed by atoms with Crippen LogP contribution in [-0.4, -0.2) is 165 Å². The molecule has 3 fully saturated rings. The predicted octanol–water partition coefficient (Wildman–Crippen LogP) is -1.96. The number of ether oxygens (including phenoxy) is 8. The number of aliphatic hydroxyl groups excluding tert-OH is 7. The molecule has 14 atom stereocenters. The molecule has 18 nitrogen and oxygen atoms in total. The maximum absolute atomic E-state index is 13.0. The summed E-state index contributed by atoms with van der Waals surface area (Å²) < 4.78 is 44.9. The van der Waals surface area contributed by atoms with E-state index in [1.165, 1.54) is 50.4 Å². The predicted molar refractivity (Wildman–Crippen MR) is 177 cm³/mol. The largest absolute Gasteiger partial charge is 0.508 e. The van der Waals surface area contributed by atoms with Gasteiger partial charge in [0.2, 0.25) is 0 Å². The Morgan fingerprint density at radius 1 is 0.811 bits per heavy atom. The number of carbonyl (C=O) groups excluding carboxylic acids is 1. The van der Waals surface area contributed by atoms with Gasteiger partial charge in [0.05, 0.1) is 33.0 Å². The fourth-order valence-electron chi connectivity index (χ4n) is 5.97. The van der Waals surface area contributed by atoms with Crippen molar-refractivity contribution in [3.05, 3.63) is 59.7 Å². The van der Waals surface area contributed by atoms with Crippen LogP contribution in [0.25, 0.3) is 6.08 Å². The van der Waals surface area contributed by atoms with Gasteiger partial charge in [0.1, 0.15) is 60.7 Å². The molecule has 0 bridgehead atoms. The number of hydrogen-bond acceptors (Lipinski definition) is 18. The van der Waals surface area contributed by atoms with Gasteiger partial charge >= 0.3 is 5.97 Å². The van der Waals surface area contributed by atoms with E-state index < -0.39 is 105 Å². The van der Waals surface area contributed by atoms with Crippen molar-refractivity contribution in [3.8, 4) is 17.2 Å². The normalized spacial score (nSPS) is 36.3. The maximum Gasteiger partial charge on any atom is 0.331 e. The van der Waals surface area contributed by atoms with Crippen molar-refractivity contribution in [1.29, 1.82) is 0 Å². The zero-order valence-electron chi connectivity index (χ0n) is 28.8. The Labute approximate surface area is 303 Å². The summed E-state index contributed by atoms with van der Waals surface area (Å²) >= 11 is 0. The van der Waals surface area contributed by atoms with Crippen LogP contribution in [0, 0.1) is 0 Å². The zero-order chi connectivity index (χ0) is 38.4. The Kier molecular flexibility index (Phi) is 14.0. The monoisotopic (exact) mass is 754 g/mol. The molecule has 2 aromatic rings. The summed E-state index contributed by atoms with van der Waals surface area (Å²) in [6.07, 6.45) is -18.5. The van der Waals surface area contributed by atoms with Crippen LogP contribution in [0.2, 0.25) is 0 Å². The van der Waals surface area contributed by atoms with Crippen LogP contribution in [0.5, 0.6) is 17.2 Å². The summed E-state index contributed by atoms with van der Waals surface area (Å²) in [4.78, 5) is 13.0. The number of benzene rings is 2. The molecule has 3 aliphatic heterocycles. The van der Waals surface area contributed by atoms with Crippen LogP contribution < -0.4 is 4.74 Å².